The number of H-pyrrole nitrogens is 1. The van der Waals surface area contributed by atoms with E-state index in [4.69, 9.17) is 17.3 Å². The molecule has 0 aliphatic rings. The van der Waals surface area contributed by atoms with Gasteiger partial charge >= 0.3 is 0 Å². The van der Waals surface area contributed by atoms with Gasteiger partial charge in [0.25, 0.3) is 0 Å². The number of aromatic nitrogens is 2. The van der Waals surface area contributed by atoms with Gasteiger partial charge in [-0.05, 0) is 31.5 Å². The molecule has 5 heteroatoms. The molecule has 1 aromatic heterocycles. The predicted octanol–water partition coefficient (Wildman–Crippen LogP) is 3.45. The standard InChI is InChI=1S/C13H15ClFN3/c1-3-13(2,16)12-17-7-11(18-12)9-5-4-8(15)6-10(9)14/h4-7H,3,16H2,1-2H3,(H,17,18). The van der Waals surface area contributed by atoms with Gasteiger partial charge in [-0.1, -0.05) is 18.5 Å². The van der Waals surface area contributed by atoms with Crippen molar-refractivity contribution >= 4 is 11.6 Å². The third-order valence-corrected chi connectivity index (χ3v) is 3.39. The Hall–Kier alpha value is -1.39. The molecule has 0 radical (unpaired) electrons. The van der Waals surface area contributed by atoms with Crippen LogP contribution in [0.4, 0.5) is 4.39 Å². The molecule has 0 fully saturated rings. The van der Waals surface area contributed by atoms with E-state index in [-0.39, 0.29) is 5.82 Å². The molecule has 0 saturated carbocycles. The Kier molecular flexibility index (Phi) is 3.41. The SMILES string of the molecule is CCC(C)(N)c1ncc(-c2ccc(F)cc2Cl)[nH]1. The lowest BCUT2D eigenvalue weighted by Crippen LogP contribution is -2.33. The Labute approximate surface area is 110 Å². The number of hydrogen-bond donors (Lipinski definition) is 2. The molecule has 1 unspecified atom stereocenters. The lowest BCUT2D eigenvalue weighted by atomic mass is 10.00. The highest BCUT2D eigenvalue weighted by Crippen LogP contribution is 2.29. The molecule has 3 nitrogen and oxygen atoms in total. The molecule has 1 aromatic carbocycles. The smallest absolute Gasteiger partial charge is 0.126 e. The molecule has 1 atom stereocenters. The van der Waals surface area contributed by atoms with Gasteiger partial charge in [0.1, 0.15) is 11.6 Å². The number of rotatable bonds is 3. The van der Waals surface area contributed by atoms with E-state index in [2.05, 4.69) is 9.97 Å². The van der Waals surface area contributed by atoms with E-state index in [0.29, 0.717) is 16.4 Å². The summed E-state index contributed by atoms with van der Waals surface area (Å²) in [5, 5.41) is 0.348. The number of halogens is 2. The molecule has 1 heterocycles. The number of benzene rings is 1. The highest BCUT2D eigenvalue weighted by atomic mass is 35.5. The molecule has 0 amide bonds. The van der Waals surface area contributed by atoms with Gasteiger partial charge in [-0.25, -0.2) is 9.37 Å². The van der Waals surface area contributed by atoms with Crippen LogP contribution < -0.4 is 5.73 Å². The van der Waals surface area contributed by atoms with Crippen LogP contribution in [0.5, 0.6) is 0 Å². The van der Waals surface area contributed by atoms with Crippen LogP contribution in [0.25, 0.3) is 11.3 Å². The largest absolute Gasteiger partial charge is 0.340 e. The minimum absolute atomic E-state index is 0.348. The third-order valence-electron chi connectivity index (χ3n) is 3.07. The zero-order chi connectivity index (χ0) is 13.3. The van der Waals surface area contributed by atoms with Gasteiger partial charge in [-0.2, -0.15) is 0 Å². The molecule has 0 saturated heterocycles. The summed E-state index contributed by atoms with van der Waals surface area (Å²) in [4.78, 5) is 7.40. The van der Waals surface area contributed by atoms with Gasteiger partial charge in [0, 0.05) is 5.56 Å². The predicted molar refractivity (Wildman–Crippen MR) is 70.8 cm³/mol. The quantitative estimate of drug-likeness (QED) is 0.895. The first-order valence-electron chi connectivity index (χ1n) is 5.74. The molecule has 2 rings (SSSR count). The van der Waals surface area contributed by atoms with E-state index < -0.39 is 5.54 Å². The maximum absolute atomic E-state index is 13.0. The fourth-order valence-corrected chi connectivity index (χ4v) is 1.89. The summed E-state index contributed by atoms with van der Waals surface area (Å²) >= 11 is 6.00. The molecule has 96 valence electrons. The normalized spacial score (nSPS) is 14.5. The van der Waals surface area contributed by atoms with Crippen molar-refractivity contribution in [1.82, 2.24) is 9.97 Å². The zero-order valence-electron chi connectivity index (χ0n) is 10.3. The lowest BCUT2D eigenvalue weighted by Gasteiger charge is -2.19. The van der Waals surface area contributed by atoms with Gasteiger partial charge in [-0.3, -0.25) is 0 Å². The van der Waals surface area contributed by atoms with Crippen molar-refractivity contribution in [1.29, 1.82) is 0 Å². The highest BCUT2D eigenvalue weighted by molar-refractivity contribution is 6.33. The molecule has 3 N–H and O–H groups in total. The fraction of sp³-hybridized carbons (Fsp3) is 0.308. The number of hydrogen-bond acceptors (Lipinski definition) is 2. The summed E-state index contributed by atoms with van der Waals surface area (Å²) in [5.74, 6) is 0.334. The Morgan fingerprint density at radius 2 is 2.22 bits per heavy atom. The monoisotopic (exact) mass is 267 g/mol. The van der Waals surface area contributed by atoms with Crippen LogP contribution in [-0.2, 0) is 5.54 Å². The highest BCUT2D eigenvalue weighted by Gasteiger charge is 2.22. The van der Waals surface area contributed by atoms with Crippen molar-refractivity contribution in [3.8, 4) is 11.3 Å². The van der Waals surface area contributed by atoms with Crippen molar-refractivity contribution in [3.63, 3.8) is 0 Å². The van der Waals surface area contributed by atoms with Gasteiger partial charge in [0.2, 0.25) is 0 Å². The van der Waals surface area contributed by atoms with E-state index in [9.17, 15) is 4.39 Å². The van der Waals surface area contributed by atoms with E-state index in [0.717, 1.165) is 12.1 Å². The van der Waals surface area contributed by atoms with Gasteiger partial charge in [-0.15, -0.1) is 0 Å². The summed E-state index contributed by atoms with van der Waals surface area (Å²) in [7, 11) is 0. The van der Waals surface area contributed by atoms with E-state index >= 15 is 0 Å². The van der Waals surface area contributed by atoms with Crippen molar-refractivity contribution in [2.24, 2.45) is 5.73 Å². The molecule has 0 aliphatic carbocycles. The van der Waals surface area contributed by atoms with Gasteiger partial charge < -0.3 is 10.7 Å². The summed E-state index contributed by atoms with van der Waals surface area (Å²) in [6, 6.07) is 4.26. The molecule has 0 aliphatic heterocycles. The number of nitrogens with one attached hydrogen (secondary N) is 1. The average molecular weight is 268 g/mol. The van der Waals surface area contributed by atoms with Crippen LogP contribution in [-0.4, -0.2) is 9.97 Å². The topological polar surface area (TPSA) is 54.7 Å². The van der Waals surface area contributed by atoms with E-state index in [1.165, 1.54) is 12.1 Å². The second-order valence-electron chi connectivity index (χ2n) is 4.54. The summed E-state index contributed by atoms with van der Waals surface area (Å²) in [6.07, 6.45) is 2.42. The van der Waals surface area contributed by atoms with Crippen LogP contribution in [0.2, 0.25) is 5.02 Å². The third kappa shape index (κ3) is 2.40. The maximum atomic E-state index is 13.0. The molecule has 18 heavy (non-hydrogen) atoms. The Bertz CT molecular complexity index is 563. The van der Waals surface area contributed by atoms with Crippen LogP contribution in [0, 0.1) is 5.82 Å². The molecule has 0 spiro atoms. The Morgan fingerprint density at radius 3 is 2.83 bits per heavy atom. The van der Waals surface area contributed by atoms with E-state index in [1.807, 2.05) is 13.8 Å². The average Bonchev–Trinajstić information content (AvgIpc) is 2.79. The Balaban J connectivity index is 2.41. The second kappa shape index (κ2) is 4.71. The molecule has 2 aromatic rings. The van der Waals surface area contributed by atoms with E-state index in [1.54, 1.807) is 12.3 Å². The summed E-state index contributed by atoms with van der Waals surface area (Å²) < 4.78 is 13.0. The first kappa shape index (κ1) is 13.1. The van der Waals surface area contributed by atoms with Crippen molar-refractivity contribution < 1.29 is 4.39 Å². The number of aromatic amines is 1. The van der Waals surface area contributed by atoms with Crippen molar-refractivity contribution in [2.75, 3.05) is 0 Å². The van der Waals surface area contributed by atoms with Crippen LogP contribution in [0.3, 0.4) is 0 Å². The minimum Gasteiger partial charge on any atom is -0.340 e. The van der Waals surface area contributed by atoms with Crippen LogP contribution >= 0.6 is 11.6 Å². The first-order chi connectivity index (χ1) is 8.44. The number of nitrogens with zero attached hydrogens (tertiary/aromatic N) is 1. The van der Waals surface area contributed by atoms with Crippen LogP contribution in [0.1, 0.15) is 26.1 Å². The van der Waals surface area contributed by atoms with Gasteiger partial charge in [0.15, 0.2) is 0 Å². The fourth-order valence-electron chi connectivity index (χ4n) is 1.62. The number of imidazole rings is 1. The van der Waals surface area contributed by atoms with Crippen molar-refractivity contribution in [3.05, 3.63) is 41.1 Å². The molecular formula is C13H15ClFN3. The van der Waals surface area contributed by atoms with Crippen LogP contribution in [0.15, 0.2) is 24.4 Å². The minimum atomic E-state index is -0.509. The molecule has 0 bridgehead atoms. The molecular weight excluding hydrogens is 253 g/mol. The van der Waals surface area contributed by atoms with Gasteiger partial charge in [0.05, 0.1) is 22.5 Å². The first-order valence-corrected chi connectivity index (χ1v) is 6.11. The lowest BCUT2D eigenvalue weighted by molar-refractivity contribution is 0.450. The maximum Gasteiger partial charge on any atom is 0.126 e. The second-order valence-corrected chi connectivity index (χ2v) is 4.95. The zero-order valence-corrected chi connectivity index (χ0v) is 11.1. The Morgan fingerprint density at radius 1 is 1.50 bits per heavy atom. The summed E-state index contributed by atoms with van der Waals surface area (Å²) in [5.41, 5.74) is 7.04. The van der Waals surface area contributed by atoms with Crippen molar-refractivity contribution in [2.45, 2.75) is 25.8 Å². The summed E-state index contributed by atoms with van der Waals surface area (Å²) in [6.45, 7) is 3.90. The number of nitrogens with two attached hydrogens (primary N) is 1.